The van der Waals surface area contributed by atoms with Gasteiger partial charge in [0.05, 0.1) is 9.67 Å². The van der Waals surface area contributed by atoms with Crippen molar-refractivity contribution in [2.24, 2.45) is 0 Å². The van der Waals surface area contributed by atoms with Crippen LogP contribution >= 0.6 is 22.6 Å². The van der Waals surface area contributed by atoms with Crippen LogP contribution in [0.5, 0.6) is 5.75 Å². The lowest BCUT2D eigenvalue weighted by Crippen LogP contribution is -2.14. The van der Waals surface area contributed by atoms with Crippen molar-refractivity contribution in [3.63, 3.8) is 0 Å². The van der Waals surface area contributed by atoms with E-state index in [1.807, 2.05) is 31.2 Å². The fraction of sp³-hybridized carbons (Fsp3) is 0.364. The van der Waals surface area contributed by atoms with Gasteiger partial charge in [-0.1, -0.05) is 12.1 Å². The Morgan fingerprint density at radius 1 is 1.53 bits per heavy atom. The van der Waals surface area contributed by atoms with E-state index in [0.717, 1.165) is 9.32 Å². The number of halogens is 1. The van der Waals surface area contributed by atoms with Crippen molar-refractivity contribution < 1.29 is 14.6 Å². The molecule has 0 heterocycles. The van der Waals surface area contributed by atoms with Crippen LogP contribution in [-0.4, -0.2) is 17.2 Å². The van der Waals surface area contributed by atoms with E-state index >= 15 is 0 Å². The molecule has 1 aromatic rings. The van der Waals surface area contributed by atoms with Crippen LogP contribution in [0.15, 0.2) is 24.3 Å². The van der Waals surface area contributed by atoms with Gasteiger partial charge >= 0.3 is 5.97 Å². The number of rotatable bonds is 5. The van der Waals surface area contributed by atoms with Gasteiger partial charge < -0.3 is 9.84 Å². The lowest BCUT2D eigenvalue weighted by molar-refractivity contribution is -0.137. The van der Waals surface area contributed by atoms with Crippen LogP contribution in [0.1, 0.15) is 19.8 Å². The quantitative estimate of drug-likeness (QED) is 0.849. The van der Waals surface area contributed by atoms with Crippen LogP contribution in [0.4, 0.5) is 0 Å². The minimum Gasteiger partial charge on any atom is -0.490 e. The van der Waals surface area contributed by atoms with Crippen LogP contribution in [-0.2, 0) is 4.79 Å². The van der Waals surface area contributed by atoms with Gasteiger partial charge in [0.1, 0.15) is 5.75 Å². The van der Waals surface area contributed by atoms with Crippen molar-refractivity contribution in [1.82, 2.24) is 0 Å². The number of aliphatic carboxylic acids is 1. The summed E-state index contributed by atoms with van der Waals surface area (Å²) in [5.74, 6) is 0.0317. The maximum Gasteiger partial charge on any atom is 0.303 e. The first-order valence-electron chi connectivity index (χ1n) is 4.72. The number of benzene rings is 1. The molecule has 0 fully saturated rings. The van der Waals surface area contributed by atoms with Gasteiger partial charge in [0.2, 0.25) is 0 Å². The van der Waals surface area contributed by atoms with E-state index in [1.54, 1.807) is 0 Å². The van der Waals surface area contributed by atoms with Gasteiger partial charge in [-0.2, -0.15) is 0 Å². The molecule has 82 valence electrons. The average molecular weight is 320 g/mol. The molecule has 0 bridgehead atoms. The Morgan fingerprint density at radius 2 is 2.20 bits per heavy atom. The molecule has 0 aromatic heterocycles. The topological polar surface area (TPSA) is 46.5 Å². The molecule has 4 heteroatoms. The maximum absolute atomic E-state index is 10.4. The second-order valence-electron chi connectivity index (χ2n) is 3.29. The lowest BCUT2D eigenvalue weighted by Gasteiger charge is -2.14. The summed E-state index contributed by atoms with van der Waals surface area (Å²) >= 11 is 2.19. The molecule has 3 nitrogen and oxygen atoms in total. The Labute approximate surface area is 103 Å². The average Bonchev–Trinajstić information content (AvgIpc) is 2.18. The van der Waals surface area contributed by atoms with Gasteiger partial charge in [0.15, 0.2) is 0 Å². The molecule has 1 N–H and O–H groups in total. The highest BCUT2D eigenvalue weighted by molar-refractivity contribution is 14.1. The van der Waals surface area contributed by atoms with Gasteiger partial charge in [0, 0.05) is 6.42 Å². The molecule has 1 rings (SSSR count). The first-order chi connectivity index (χ1) is 7.09. The Balaban J connectivity index is 2.47. The lowest BCUT2D eigenvalue weighted by atomic mass is 10.2. The molecule has 0 spiro atoms. The minimum absolute atomic E-state index is 0.0722. The van der Waals surface area contributed by atoms with E-state index in [1.165, 1.54) is 0 Å². The molecular formula is C11H13IO3. The van der Waals surface area contributed by atoms with E-state index in [-0.39, 0.29) is 12.5 Å². The van der Waals surface area contributed by atoms with Crippen LogP contribution in [0.2, 0.25) is 0 Å². The van der Waals surface area contributed by atoms with Crippen molar-refractivity contribution in [1.29, 1.82) is 0 Å². The summed E-state index contributed by atoms with van der Waals surface area (Å²) in [6.45, 7) is 1.88. The molecule has 15 heavy (non-hydrogen) atoms. The zero-order valence-corrected chi connectivity index (χ0v) is 10.6. The molecule has 1 atom stereocenters. The predicted molar refractivity (Wildman–Crippen MR) is 66.1 cm³/mol. The number of para-hydroxylation sites is 1. The first kappa shape index (κ1) is 12.3. The van der Waals surface area contributed by atoms with E-state index in [2.05, 4.69) is 22.6 Å². The summed E-state index contributed by atoms with van der Waals surface area (Å²) in [7, 11) is 0. The summed E-state index contributed by atoms with van der Waals surface area (Å²) in [6, 6.07) is 7.69. The highest BCUT2D eigenvalue weighted by Gasteiger charge is 2.08. The van der Waals surface area contributed by atoms with Crippen molar-refractivity contribution in [3.8, 4) is 5.75 Å². The molecule has 0 saturated carbocycles. The summed E-state index contributed by atoms with van der Waals surface area (Å²) in [5.41, 5.74) is 0. The SMILES string of the molecule is CC(CCC(=O)O)Oc1ccccc1I. The predicted octanol–water partition coefficient (Wildman–Crippen LogP) is 2.92. The van der Waals surface area contributed by atoms with Gasteiger partial charge in [0.25, 0.3) is 0 Å². The Hall–Kier alpha value is -0.780. The van der Waals surface area contributed by atoms with Crippen molar-refractivity contribution in [3.05, 3.63) is 27.8 Å². The van der Waals surface area contributed by atoms with Gasteiger partial charge in [-0.25, -0.2) is 0 Å². The third kappa shape index (κ3) is 4.51. The highest BCUT2D eigenvalue weighted by atomic mass is 127. The number of hydrogen-bond acceptors (Lipinski definition) is 2. The number of carboxylic acid groups (broad SMARTS) is 1. The second kappa shape index (κ2) is 5.95. The summed E-state index contributed by atoms with van der Waals surface area (Å²) in [6.07, 6.45) is 0.599. The largest absolute Gasteiger partial charge is 0.490 e. The fourth-order valence-electron chi connectivity index (χ4n) is 1.14. The molecule has 0 amide bonds. The van der Waals surface area contributed by atoms with Crippen molar-refractivity contribution in [2.45, 2.75) is 25.9 Å². The monoisotopic (exact) mass is 320 g/mol. The van der Waals surface area contributed by atoms with Gasteiger partial charge in [-0.05, 0) is 48.1 Å². The number of carbonyl (C=O) groups is 1. The highest BCUT2D eigenvalue weighted by Crippen LogP contribution is 2.21. The molecular weight excluding hydrogens is 307 g/mol. The summed E-state index contributed by atoms with van der Waals surface area (Å²) in [5, 5.41) is 8.53. The van der Waals surface area contributed by atoms with E-state index in [9.17, 15) is 4.79 Å². The molecule has 0 aliphatic heterocycles. The van der Waals surface area contributed by atoms with E-state index in [0.29, 0.717) is 6.42 Å². The van der Waals surface area contributed by atoms with Gasteiger partial charge in [-0.15, -0.1) is 0 Å². The van der Waals surface area contributed by atoms with Gasteiger partial charge in [-0.3, -0.25) is 4.79 Å². The number of ether oxygens (including phenoxy) is 1. The van der Waals surface area contributed by atoms with Crippen LogP contribution in [0.25, 0.3) is 0 Å². The summed E-state index contributed by atoms with van der Waals surface area (Å²) in [4.78, 5) is 10.4. The van der Waals surface area contributed by atoms with Crippen LogP contribution in [0.3, 0.4) is 0 Å². The van der Waals surface area contributed by atoms with Crippen molar-refractivity contribution >= 4 is 28.6 Å². The smallest absolute Gasteiger partial charge is 0.303 e. The van der Waals surface area contributed by atoms with Crippen molar-refractivity contribution in [2.75, 3.05) is 0 Å². The zero-order valence-electron chi connectivity index (χ0n) is 8.44. The third-order valence-electron chi connectivity index (χ3n) is 1.93. The normalized spacial score (nSPS) is 12.1. The molecule has 0 saturated heterocycles. The fourth-order valence-corrected chi connectivity index (χ4v) is 1.66. The standard InChI is InChI=1S/C11H13IO3/c1-8(6-7-11(13)14)15-10-5-3-2-4-9(10)12/h2-5,8H,6-7H2,1H3,(H,13,14). The molecule has 0 radical (unpaired) electrons. The van der Waals surface area contributed by atoms with Crippen LogP contribution < -0.4 is 4.74 Å². The maximum atomic E-state index is 10.4. The van der Waals surface area contributed by atoms with E-state index < -0.39 is 5.97 Å². The molecule has 0 aliphatic rings. The minimum atomic E-state index is -0.784. The second-order valence-corrected chi connectivity index (χ2v) is 4.45. The molecule has 1 unspecified atom stereocenters. The zero-order chi connectivity index (χ0) is 11.3. The number of carboxylic acids is 1. The number of hydrogen-bond donors (Lipinski definition) is 1. The van der Waals surface area contributed by atoms with E-state index in [4.69, 9.17) is 9.84 Å². The molecule has 1 aromatic carbocycles. The Kier molecular flexibility index (Phi) is 4.87. The van der Waals surface area contributed by atoms with Crippen LogP contribution in [0, 0.1) is 3.57 Å². The first-order valence-corrected chi connectivity index (χ1v) is 5.80. The molecule has 0 aliphatic carbocycles. The Morgan fingerprint density at radius 3 is 2.80 bits per heavy atom. The Bertz CT molecular complexity index is 338. The summed E-state index contributed by atoms with van der Waals surface area (Å²) < 4.78 is 6.66. The third-order valence-corrected chi connectivity index (χ3v) is 2.82.